The molecule has 0 radical (unpaired) electrons. The molecule has 0 saturated heterocycles. The van der Waals surface area contributed by atoms with E-state index >= 15 is 0 Å². The third-order valence-corrected chi connectivity index (χ3v) is 5.17. The molecule has 39 heavy (non-hydrogen) atoms. The van der Waals surface area contributed by atoms with Gasteiger partial charge in [-0.2, -0.15) is 0 Å². The van der Waals surface area contributed by atoms with E-state index in [4.69, 9.17) is 9.47 Å². The molecule has 7 amide bonds. The molecule has 1 aliphatic heterocycles. The van der Waals surface area contributed by atoms with Crippen LogP contribution < -0.4 is 26.6 Å². The highest BCUT2D eigenvalue weighted by atomic mass is 16.5. The lowest BCUT2D eigenvalue weighted by molar-refractivity contribution is -0.137. The van der Waals surface area contributed by atoms with Gasteiger partial charge in [0.15, 0.2) is 0 Å². The second-order valence-electron chi connectivity index (χ2n) is 8.21. The molecule has 0 saturated carbocycles. The van der Waals surface area contributed by atoms with Gasteiger partial charge < -0.3 is 36.1 Å². The largest absolute Gasteiger partial charge is 0.378 e. The van der Waals surface area contributed by atoms with Crippen LogP contribution in [0.1, 0.15) is 32.1 Å². The van der Waals surface area contributed by atoms with Crippen molar-refractivity contribution in [1.29, 1.82) is 0 Å². The predicted octanol–water partition coefficient (Wildman–Crippen LogP) is -2.89. The number of ether oxygens (including phenoxy) is 2. The van der Waals surface area contributed by atoms with Crippen LogP contribution in [0.2, 0.25) is 0 Å². The first-order chi connectivity index (χ1) is 18.7. The summed E-state index contributed by atoms with van der Waals surface area (Å²) in [7, 11) is 1.50. The summed E-state index contributed by atoms with van der Waals surface area (Å²) in [6, 6.07) is 0. The Morgan fingerprint density at radius 3 is 1.28 bits per heavy atom. The van der Waals surface area contributed by atoms with E-state index in [0.29, 0.717) is 6.54 Å². The van der Waals surface area contributed by atoms with Gasteiger partial charge in [-0.05, 0) is 0 Å². The summed E-state index contributed by atoms with van der Waals surface area (Å²) in [4.78, 5) is 81.7. The molecule has 1 heterocycles. The summed E-state index contributed by atoms with van der Waals surface area (Å²) < 4.78 is 10.6. The molecule has 1 rings (SSSR count). The fraction of sp³-hybridized carbons (Fsp3) is 0.625. The molecule has 0 aromatic carbocycles. The molecule has 0 aromatic rings. The zero-order valence-electron chi connectivity index (χ0n) is 22.2. The number of rotatable bonds is 21. The van der Waals surface area contributed by atoms with Crippen LogP contribution in [-0.2, 0) is 43.0 Å². The number of hydrogen-bond donors (Lipinski definition) is 5. The van der Waals surface area contributed by atoms with Gasteiger partial charge in [-0.3, -0.25) is 38.5 Å². The SMILES string of the molecule is CNC(=O)CCC(=O)NCCOCCNC(=O)CCC(=O)NCCOCCNC(=O)CCN1C(=O)C=CC1=O. The van der Waals surface area contributed by atoms with Crippen LogP contribution in [0.15, 0.2) is 12.2 Å². The molecule has 0 spiro atoms. The Kier molecular flexibility index (Phi) is 17.1. The van der Waals surface area contributed by atoms with Crippen LogP contribution in [0.25, 0.3) is 0 Å². The molecular weight excluding hydrogens is 516 g/mol. The minimum atomic E-state index is -0.433. The van der Waals surface area contributed by atoms with Gasteiger partial charge in [0.2, 0.25) is 29.5 Å². The lowest BCUT2D eigenvalue weighted by Crippen LogP contribution is -2.35. The van der Waals surface area contributed by atoms with Gasteiger partial charge in [-0.25, -0.2) is 0 Å². The number of hydrogen-bond acceptors (Lipinski definition) is 9. The van der Waals surface area contributed by atoms with Crippen molar-refractivity contribution in [1.82, 2.24) is 31.5 Å². The Hall–Kier alpha value is -3.85. The monoisotopic (exact) mass is 554 g/mol. The Balaban J connectivity index is 1.89. The molecule has 0 aliphatic carbocycles. The summed E-state index contributed by atoms with van der Waals surface area (Å²) in [5.74, 6) is -2.22. The maximum atomic E-state index is 11.8. The Bertz CT molecular complexity index is 875. The van der Waals surface area contributed by atoms with Crippen molar-refractivity contribution in [3.05, 3.63) is 12.2 Å². The van der Waals surface area contributed by atoms with E-state index in [-0.39, 0.29) is 114 Å². The Morgan fingerprint density at radius 2 is 0.923 bits per heavy atom. The van der Waals surface area contributed by atoms with Crippen molar-refractivity contribution in [2.24, 2.45) is 0 Å². The van der Waals surface area contributed by atoms with E-state index in [1.54, 1.807) is 0 Å². The number of nitrogens with one attached hydrogen (secondary N) is 5. The second kappa shape index (κ2) is 20.2. The van der Waals surface area contributed by atoms with Gasteiger partial charge in [-0.1, -0.05) is 0 Å². The fourth-order valence-electron chi connectivity index (χ4n) is 3.05. The molecule has 0 bridgehead atoms. The average molecular weight is 555 g/mol. The van der Waals surface area contributed by atoms with Crippen LogP contribution in [0.4, 0.5) is 0 Å². The number of carbonyl (C=O) groups excluding carboxylic acids is 7. The van der Waals surface area contributed by atoms with Crippen molar-refractivity contribution < 1.29 is 43.0 Å². The zero-order valence-corrected chi connectivity index (χ0v) is 22.2. The minimum Gasteiger partial charge on any atom is -0.378 e. The number of amides is 7. The molecule has 0 aromatic heterocycles. The smallest absolute Gasteiger partial charge is 0.253 e. The summed E-state index contributed by atoms with van der Waals surface area (Å²) in [6.45, 7) is 2.02. The maximum absolute atomic E-state index is 11.8. The van der Waals surface area contributed by atoms with Crippen molar-refractivity contribution in [3.63, 3.8) is 0 Å². The standard InChI is InChI=1S/C24H38N6O9/c1-25-18(31)2-3-19(32)26-9-14-38-15-10-27-20(33)4-5-21(34)28-11-16-39-17-12-29-22(35)8-13-30-23(36)6-7-24(30)37/h6-7H,2-5,8-17H2,1H3,(H,25,31)(H,26,32)(H,27,33)(H,28,34)(H,29,35). The van der Waals surface area contributed by atoms with Gasteiger partial charge in [0, 0.05) is 84.0 Å². The van der Waals surface area contributed by atoms with E-state index in [1.165, 1.54) is 7.05 Å². The third kappa shape index (κ3) is 16.6. The van der Waals surface area contributed by atoms with E-state index < -0.39 is 11.8 Å². The third-order valence-electron chi connectivity index (χ3n) is 5.17. The molecule has 15 heteroatoms. The predicted molar refractivity (Wildman–Crippen MR) is 137 cm³/mol. The van der Waals surface area contributed by atoms with E-state index in [1.807, 2.05) is 0 Å². The highest BCUT2D eigenvalue weighted by Crippen LogP contribution is 2.03. The van der Waals surface area contributed by atoms with Gasteiger partial charge in [0.05, 0.1) is 26.4 Å². The van der Waals surface area contributed by atoms with Gasteiger partial charge in [-0.15, -0.1) is 0 Å². The molecule has 0 atom stereocenters. The van der Waals surface area contributed by atoms with Gasteiger partial charge >= 0.3 is 0 Å². The number of imide groups is 1. The molecule has 15 nitrogen and oxygen atoms in total. The first-order valence-electron chi connectivity index (χ1n) is 12.7. The zero-order chi connectivity index (χ0) is 28.9. The second-order valence-corrected chi connectivity index (χ2v) is 8.21. The van der Waals surface area contributed by atoms with Crippen LogP contribution >= 0.6 is 0 Å². The maximum Gasteiger partial charge on any atom is 0.253 e. The van der Waals surface area contributed by atoms with E-state index in [2.05, 4.69) is 26.6 Å². The van der Waals surface area contributed by atoms with Crippen LogP contribution in [-0.4, -0.2) is 112 Å². The highest BCUT2D eigenvalue weighted by molar-refractivity contribution is 6.13. The normalized spacial score (nSPS) is 12.3. The topological polar surface area (TPSA) is 201 Å². The molecule has 5 N–H and O–H groups in total. The first-order valence-corrected chi connectivity index (χ1v) is 12.7. The van der Waals surface area contributed by atoms with Crippen molar-refractivity contribution >= 4 is 41.4 Å². The van der Waals surface area contributed by atoms with Crippen molar-refractivity contribution in [2.75, 3.05) is 66.2 Å². The lowest BCUT2D eigenvalue weighted by atomic mass is 10.3. The van der Waals surface area contributed by atoms with Crippen molar-refractivity contribution in [2.45, 2.75) is 32.1 Å². The molecule has 1 aliphatic rings. The number of carbonyl (C=O) groups is 7. The van der Waals surface area contributed by atoms with E-state index in [0.717, 1.165) is 17.1 Å². The van der Waals surface area contributed by atoms with Crippen molar-refractivity contribution in [3.8, 4) is 0 Å². The fourth-order valence-corrected chi connectivity index (χ4v) is 3.05. The average Bonchev–Trinajstić information content (AvgIpc) is 3.24. The molecular formula is C24H38N6O9. The van der Waals surface area contributed by atoms with Crippen LogP contribution in [0.3, 0.4) is 0 Å². The molecule has 0 unspecified atom stereocenters. The highest BCUT2D eigenvalue weighted by Gasteiger charge is 2.23. The summed E-state index contributed by atoms with van der Waals surface area (Å²) >= 11 is 0. The van der Waals surface area contributed by atoms with Gasteiger partial charge in [0.25, 0.3) is 11.8 Å². The Labute approximate surface area is 226 Å². The Morgan fingerprint density at radius 1 is 0.590 bits per heavy atom. The quantitative estimate of drug-likeness (QED) is 0.0729. The minimum absolute atomic E-state index is 0.00204. The van der Waals surface area contributed by atoms with Crippen LogP contribution in [0, 0.1) is 0 Å². The van der Waals surface area contributed by atoms with Gasteiger partial charge in [0.1, 0.15) is 0 Å². The summed E-state index contributed by atoms with van der Waals surface area (Å²) in [6.07, 6.45) is 2.58. The summed E-state index contributed by atoms with van der Waals surface area (Å²) in [5.41, 5.74) is 0. The van der Waals surface area contributed by atoms with E-state index in [9.17, 15) is 33.6 Å². The van der Waals surface area contributed by atoms with Crippen LogP contribution in [0.5, 0.6) is 0 Å². The summed E-state index contributed by atoms with van der Waals surface area (Å²) in [5, 5.41) is 12.9. The number of nitrogens with zero attached hydrogens (tertiary/aromatic N) is 1. The molecule has 0 fully saturated rings. The first kappa shape index (κ1) is 33.2. The molecule has 218 valence electrons. The lowest BCUT2D eigenvalue weighted by Gasteiger charge is -2.13.